The Labute approximate surface area is 159 Å². The predicted octanol–water partition coefficient (Wildman–Crippen LogP) is 4.39. The summed E-state index contributed by atoms with van der Waals surface area (Å²) in [4.78, 5) is 18.9. The fourth-order valence-corrected chi connectivity index (χ4v) is 3.78. The van der Waals surface area contributed by atoms with E-state index in [1.54, 1.807) is 43.2 Å². The Hall–Kier alpha value is -3.06. The third-order valence-electron chi connectivity index (χ3n) is 4.48. The number of amides is 1. The lowest BCUT2D eigenvalue weighted by Crippen LogP contribution is -2.30. The Balaban J connectivity index is 1.57. The van der Waals surface area contributed by atoms with E-state index < -0.39 is 5.92 Å². The average Bonchev–Trinajstić information content (AvgIpc) is 3.33. The van der Waals surface area contributed by atoms with Gasteiger partial charge in [-0.2, -0.15) is 5.10 Å². The van der Waals surface area contributed by atoms with Crippen molar-refractivity contribution in [1.29, 1.82) is 0 Å². The smallest absolute Gasteiger partial charge is 0.234 e. The summed E-state index contributed by atoms with van der Waals surface area (Å²) < 4.78 is 16.2. The molecule has 0 aliphatic heterocycles. The van der Waals surface area contributed by atoms with Gasteiger partial charge in [-0.1, -0.05) is 35.6 Å². The van der Waals surface area contributed by atoms with Crippen LogP contribution in [0.3, 0.4) is 0 Å². The molecule has 2 aromatic carbocycles. The lowest BCUT2D eigenvalue weighted by Gasteiger charge is -2.20. The highest BCUT2D eigenvalue weighted by atomic mass is 32.1. The summed E-state index contributed by atoms with van der Waals surface area (Å²) >= 11 is 1.53. The van der Waals surface area contributed by atoms with Gasteiger partial charge in [0.1, 0.15) is 5.82 Å². The van der Waals surface area contributed by atoms with Crippen LogP contribution in [-0.2, 0) is 4.79 Å². The van der Waals surface area contributed by atoms with Gasteiger partial charge < -0.3 is 4.90 Å². The van der Waals surface area contributed by atoms with Crippen molar-refractivity contribution in [3.05, 3.63) is 72.3 Å². The van der Waals surface area contributed by atoms with Crippen LogP contribution in [0.15, 0.2) is 60.9 Å². The molecular formula is C20H17FN4OS. The molecule has 0 radical (unpaired) electrons. The molecule has 0 aliphatic carbocycles. The largest absolute Gasteiger partial charge is 0.312 e. The fourth-order valence-electron chi connectivity index (χ4n) is 2.89. The highest BCUT2D eigenvalue weighted by molar-refractivity contribution is 7.20. The highest BCUT2D eigenvalue weighted by Gasteiger charge is 2.22. The van der Waals surface area contributed by atoms with Gasteiger partial charge in [-0.05, 0) is 36.8 Å². The van der Waals surface area contributed by atoms with Crippen LogP contribution in [0, 0.1) is 5.82 Å². The van der Waals surface area contributed by atoms with Crippen LogP contribution >= 0.6 is 11.3 Å². The summed E-state index contributed by atoms with van der Waals surface area (Å²) in [6, 6.07) is 14.0. The van der Waals surface area contributed by atoms with Crippen LogP contribution in [0.2, 0.25) is 0 Å². The second-order valence-corrected chi connectivity index (χ2v) is 7.29. The number of hydrogen-bond acceptors (Lipinski definition) is 4. The summed E-state index contributed by atoms with van der Waals surface area (Å²) in [7, 11) is 1.69. The first-order valence-electron chi connectivity index (χ1n) is 8.46. The van der Waals surface area contributed by atoms with Crippen molar-refractivity contribution in [2.45, 2.75) is 12.8 Å². The number of benzene rings is 2. The molecule has 7 heteroatoms. The van der Waals surface area contributed by atoms with E-state index in [9.17, 15) is 9.18 Å². The third-order valence-corrected chi connectivity index (χ3v) is 5.51. The van der Waals surface area contributed by atoms with Crippen LogP contribution in [-0.4, -0.2) is 27.7 Å². The standard InChI is InChI=1S/C20H17FN4OS/c1-13(14-6-5-7-15(21)10-14)19(26)24(2)16-11-22-25(12-16)20-23-17-8-3-4-9-18(17)27-20/h3-13H,1-2H3/t13-/m0/s1. The summed E-state index contributed by atoms with van der Waals surface area (Å²) in [6.45, 7) is 1.77. The van der Waals surface area contributed by atoms with Gasteiger partial charge in [0.15, 0.2) is 0 Å². The molecule has 0 saturated heterocycles. The molecule has 0 unspecified atom stereocenters. The number of anilines is 1. The number of para-hydroxylation sites is 1. The topological polar surface area (TPSA) is 51.0 Å². The SMILES string of the molecule is C[C@H](C(=O)N(C)c1cnn(-c2nc3ccccc3s2)c1)c1cccc(F)c1. The fraction of sp³-hybridized carbons (Fsp3) is 0.150. The molecule has 0 spiro atoms. The molecule has 2 heterocycles. The number of thiazole rings is 1. The van der Waals surface area contributed by atoms with E-state index in [1.165, 1.54) is 28.4 Å². The number of nitrogens with zero attached hydrogens (tertiary/aromatic N) is 4. The van der Waals surface area contributed by atoms with Crippen LogP contribution in [0.5, 0.6) is 0 Å². The highest BCUT2D eigenvalue weighted by Crippen LogP contribution is 2.26. The summed E-state index contributed by atoms with van der Waals surface area (Å²) in [5, 5.41) is 5.08. The lowest BCUT2D eigenvalue weighted by atomic mass is 10.00. The van der Waals surface area contributed by atoms with Gasteiger partial charge in [0.25, 0.3) is 0 Å². The van der Waals surface area contributed by atoms with Gasteiger partial charge in [0, 0.05) is 7.05 Å². The molecule has 1 amide bonds. The number of halogens is 1. The van der Waals surface area contributed by atoms with E-state index in [4.69, 9.17) is 0 Å². The molecule has 136 valence electrons. The van der Waals surface area contributed by atoms with Gasteiger partial charge in [-0.25, -0.2) is 14.1 Å². The molecule has 0 fully saturated rings. The van der Waals surface area contributed by atoms with E-state index >= 15 is 0 Å². The minimum absolute atomic E-state index is 0.135. The Morgan fingerprint density at radius 2 is 2.04 bits per heavy atom. The molecule has 0 aliphatic rings. The summed E-state index contributed by atoms with van der Waals surface area (Å²) in [5.74, 6) is -0.945. The summed E-state index contributed by atoms with van der Waals surface area (Å²) in [5.41, 5.74) is 2.21. The van der Waals surface area contributed by atoms with Crippen molar-refractivity contribution in [3.8, 4) is 5.13 Å². The van der Waals surface area contributed by atoms with E-state index in [0.717, 1.165) is 15.3 Å². The van der Waals surface area contributed by atoms with E-state index in [0.29, 0.717) is 11.3 Å². The first kappa shape index (κ1) is 17.4. The minimum atomic E-state index is -0.462. The second-order valence-electron chi connectivity index (χ2n) is 6.28. The normalized spacial score (nSPS) is 12.3. The minimum Gasteiger partial charge on any atom is -0.312 e. The van der Waals surface area contributed by atoms with Gasteiger partial charge in [0.2, 0.25) is 11.0 Å². The zero-order valence-electron chi connectivity index (χ0n) is 14.8. The van der Waals surface area contributed by atoms with Gasteiger partial charge in [-0.3, -0.25) is 4.79 Å². The van der Waals surface area contributed by atoms with Gasteiger partial charge in [-0.15, -0.1) is 0 Å². The molecular weight excluding hydrogens is 363 g/mol. The number of fused-ring (bicyclic) bond motifs is 1. The van der Waals surface area contributed by atoms with Crippen LogP contribution in [0.1, 0.15) is 18.4 Å². The average molecular weight is 380 g/mol. The first-order valence-corrected chi connectivity index (χ1v) is 9.28. The quantitative estimate of drug-likeness (QED) is 0.528. The molecule has 0 N–H and O–H groups in total. The molecule has 4 rings (SSSR count). The Bertz CT molecular complexity index is 1090. The van der Waals surface area contributed by atoms with E-state index in [2.05, 4.69) is 10.1 Å². The molecule has 1 atom stereocenters. The zero-order valence-corrected chi connectivity index (χ0v) is 15.7. The second kappa shape index (κ2) is 6.92. The van der Waals surface area contributed by atoms with Gasteiger partial charge >= 0.3 is 0 Å². The van der Waals surface area contributed by atoms with Crippen LogP contribution in [0.4, 0.5) is 10.1 Å². The van der Waals surface area contributed by atoms with Crippen molar-refractivity contribution < 1.29 is 9.18 Å². The monoisotopic (exact) mass is 380 g/mol. The number of hydrogen-bond donors (Lipinski definition) is 0. The predicted molar refractivity (Wildman–Crippen MR) is 105 cm³/mol. The molecule has 5 nitrogen and oxygen atoms in total. The molecule has 0 saturated carbocycles. The zero-order chi connectivity index (χ0) is 19.0. The first-order chi connectivity index (χ1) is 13.0. The van der Waals surface area contributed by atoms with Gasteiger partial charge in [0.05, 0.1) is 34.2 Å². The lowest BCUT2D eigenvalue weighted by molar-refractivity contribution is -0.119. The van der Waals surface area contributed by atoms with Crippen molar-refractivity contribution in [1.82, 2.24) is 14.8 Å². The van der Waals surface area contributed by atoms with Crippen molar-refractivity contribution in [2.75, 3.05) is 11.9 Å². The number of likely N-dealkylation sites (N-methyl/N-ethyl adjacent to an activating group) is 1. The van der Waals surface area contributed by atoms with Crippen molar-refractivity contribution in [2.24, 2.45) is 0 Å². The Kier molecular flexibility index (Phi) is 4.45. The van der Waals surface area contributed by atoms with Crippen LogP contribution < -0.4 is 4.90 Å². The molecule has 0 bridgehead atoms. The van der Waals surface area contributed by atoms with Crippen molar-refractivity contribution >= 4 is 33.1 Å². The third kappa shape index (κ3) is 3.33. The molecule has 2 aromatic heterocycles. The molecule has 27 heavy (non-hydrogen) atoms. The number of carbonyl (C=O) groups excluding carboxylic acids is 1. The van der Waals surface area contributed by atoms with E-state index in [-0.39, 0.29) is 11.7 Å². The number of carbonyl (C=O) groups is 1. The Morgan fingerprint density at radius 1 is 1.22 bits per heavy atom. The Morgan fingerprint density at radius 3 is 2.81 bits per heavy atom. The maximum Gasteiger partial charge on any atom is 0.234 e. The van der Waals surface area contributed by atoms with Crippen LogP contribution in [0.25, 0.3) is 15.3 Å². The van der Waals surface area contributed by atoms with Crippen molar-refractivity contribution in [3.63, 3.8) is 0 Å². The van der Waals surface area contributed by atoms with E-state index in [1.807, 2.05) is 24.3 Å². The number of aromatic nitrogens is 3. The maximum absolute atomic E-state index is 13.4. The number of rotatable bonds is 4. The maximum atomic E-state index is 13.4. The molecule has 4 aromatic rings. The summed E-state index contributed by atoms with van der Waals surface area (Å²) in [6.07, 6.45) is 3.40.